The number of halogens is 3. The Morgan fingerprint density at radius 2 is 1.20 bits per heavy atom. The Balaban J connectivity index is 0.000000147. The zero-order valence-corrected chi connectivity index (χ0v) is 36.6. The number of benzene rings is 2. The van der Waals surface area contributed by atoms with Crippen LogP contribution in [0.3, 0.4) is 0 Å². The number of aryl methyl sites for hydroxylation is 2. The Morgan fingerprint density at radius 3 is 1.75 bits per heavy atom. The summed E-state index contributed by atoms with van der Waals surface area (Å²) in [6, 6.07) is 28.5. The van der Waals surface area contributed by atoms with Crippen molar-refractivity contribution >= 4 is 51.9 Å². The lowest BCUT2D eigenvalue weighted by Gasteiger charge is -2.22. The van der Waals surface area contributed by atoms with Gasteiger partial charge in [0.15, 0.2) is 11.3 Å². The Hall–Kier alpha value is -7.12. The number of fused-ring (bicyclic) bond motifs is 2. The molecule has 1 aliphatic heterocycles. The van der Waals surface area contributed by atoms with Crippen LogP contribution < -0.4 is 15.1 Å². The number of likely N-dealkylation sites (N-methyl/N-ethyl adjacent to an activating group) is 1. The zero-order chi connectivity index (χ0) is 45.0. The molecule has 0 atom stereocenters. The average molecular weight is 933 g/mol. The summed E-state index contributed by atoms with van der Waals surface area (Å²) >= 11 is 3.44. The number of methoxy groups -OCH3 is 2. The van der Waals surface area contributed by atoms with Gasteiger partial charge in [0.05, 0.1) is 37.5 Å². The molecular formula is C45H41BBrF2N9O6. The van der Waals surface area contributed by atoms with Crippen LogP contribution in [0.15, 0.2) is 127 Å². The van der Waals surface area contributed by atoms with E-state index in [2.05, 4.69) is 46.3 Å². The molecule has 6 aromatic heterocycles. The Kier molecular flexibility index (Phi) is 15.0. The van der Waals surface area contributed by atoms with Crippen molar-refractivity contribution in [3.8, 4) is 22.8 Å². The molecule has 1 aliphatic rings. The standard InChI is InChI=1S/C20H17FN4O.C15H13BrFN3O.C10H11BN2O4/c1-26-19-7-4-5-17(21)15(19)10-8-14-9-11-16(18-6-2-3-12-22-18)20-24-23-13-25(14)20;1-21-14-4-2-3-13(17)11(14)7-5-10-6-8-12(16)15-19-18-9-20(10)15;1-13-6-9(14)16-11(17-10(15)7-13)8-4-2-3-5-12-8/h2-7,9,11-13H,8,10H2,1H3;2-4,6,8-9H,5,7H2,1H3;2-5H,6-7H2,1H3. The van der Waals surface area contributed by atoms with E-state index in [1.807, 2.05) is 51.3 Å². The molecule has 0 aliphatic carbocycles. The van der Waals surface area contributed by atoms with E-state index in [1.54, 1.807) is 88.8 Å². The van der Waals surface area contributed by atoms with E-state index in [1.165, 1.54) is 17.0 Å². The summed E-state index contributed by atoms with van der Waals surface area (Å²) in [4.78, 5) is 32.8. The Morgan fingerprint density at radius 1 is 0.656 bits per heavy atom. The summed E-state index contributed by atoms with van der Waals surface area (Å²) in [6.07, 6.45) is 9.00. The molecule has 0 saturated carbocycles. The number of hydrogen-bond acceptors (Lipinski definition) is 13. The summed E-state index contributed by atoms with van der Waals surface area (Å²) in [5.74, 6) is -0.255. The van der Waals surface area contributed by atoms with Crippen LogP contribution in [-0.2, 0) is 44.6 Å². The van der Waals surface area contributed by atoms with Crippen LogP contribution in [0.25, 0.3) is 22.6 Å². The maximum atomic E-state index is 14.2. The predicted molar refractivity (Wildman–Crippen MR) is 237 cm³/mol. The van der Waals surface area contributed by atoms with Crippen LogP contribution in [0.4, 0.5) is 8.78 Å². The summed E-state index contributed by atoms with van der Waals surface area (Å²) in [7, 11) is 3.70. The molecule has 1 saturated heterocycles. The molecular weight excluding hydrogens is 891 g/mol. The van der Waals surface area contributed by atoms with Crippen molar-refractivity contribution < 1.29 is 37.2 Å². The first-order chi connectivity index (χ1) is 31.1. The molecule has 15 nitrogen and oxygen atoms in total. The number of carbonyl (C=O) groups is 2. The van der Waals surface area contributed by atoms with Crippen molar-refractivity contribution in [2.24, 2.45) is 0 Å². The maximum Gasteiger partial charge on any atom is 0.656 e. The molecule has 0 amide bonds. The lowest BCUT2D eigenvalue weighted by molar-refractivity contribution is -0.145. The first kappa shape index (κ1) is 44.9. The molecule has 326 valence electrons. The van der Waals surface area contributed by atoms with E-state index < -0.39 is 19.1 Å². The third-order valence-electron chi connectivity index (χ3n) is 10.0. The fourth-order valence-electron chi connectivity index (χ4n) is 6.95. The summed E-state index contributed by atoms with van der Waals surface area (Å²) in [5, 5.41) is 16.2. The first-order valence-electron chi connectivity index (χ1n) is 19.9. The second-order valence-electron chi connectivity index (χ2n) is 14.3. The molecule has 0 unspecified atom stereocenters. The van der Waals surface area contributed by atoms with Gasteiger partial charge >= 0.3 is 19.1 Å². The number of nitrogens with zero attached hydrogens (tertiary/aromatic N) is 9. The van der Waals surface area contributed by atoms with E-state index in [9.17, 15) is 18.4 Å². The molecule has 7 heterocycles. The van der Waals surface area contributed by atoms with E-state index in [0.29, 0.717) is 53.9 Å². The molecule has 2 aromatic carbocycles. The molecule has 0 N–H and O–H groups in total. The minimum atomic E-state index is -1.05. The van der Waals surface area contributed by atoms with Gasteiger partial charge in [-0.3, -0.25) is 33.3 Å². The van der Waals surface area contributed by atoms with Gasteiger partial charge in [-0.05, 0) is 121 Å². The smallest absolute Gasteiger partial charge is 0.496 e. The van der Waals surface area contributed by atoms with E-state index >= 15 is 0 Å². The van der Waals surface area contributed by atoms with Crippen LogP contribution in [0, 0.1) is 11.6 Å². The molecule has 19 heteroatoms. The topological polar surface area (TPSA) is 160 Å². The molecule has 64 heavy (non-hydrogen) atoms. The number of ether oxygens (including phenoxy) is 2. The third-order valence-corrected chi connectivity index (χ3v) is 10.7. The summed E-state index contributed by atoms with van der Waals surface area (Å²) in [5.41, 5.74) is 6.82. The van der Waals surface area contributed by atoms with Gasteiger partial charge in [0.25, 0.3) is 0 Å². The second kappa shape index (κ2) is 21.3. The number of pyridine rings is 4. The minimum Gasteiger partial charge on any atom is -0.496 e. The molecule has 0 bridgehead atoms. The van der Waals surface area contributed by atoms with Crippen molar-refractivity contribution in [3.05, 3.63) is 161 Å². The number of carbonyl (C=O) groups excluding carboxylic acids is 2. The molecule has 1 fully saturated rings. The monoisotopic (exact) mass is 931 g/mol. The number of aromatic nitrogens is 8. The lowest BCUT2D eigenvalue weighted by Crippen LogP contribution is -2.48. The maximum absolute atomic E-state index is 14.2. The van der Waals surface area contributed by atoms with Gasteiger partial charge in [-0.25, -0.2) is 8.78 Å². The van der Waals surface area contributed by atoms with Crippen molar-refractivity contribution in [3.63, 3.8) is 0 Å². The normalized spacial score (nSPS) is 12.9. The van der Waals surface area contributed by atoms with E-state index in [0.717, 1.165) is 38.4 Å². The highest BCUT2D eigenvalue weighted by atomic mass is 79.9. The van der Waals surface area contributed by atoms with Gasteiger partial charge in [-0.1, -0.05) is 24.3 Å². The minimum absolute atomic E-state index is 0.0540. The molecule has 0 spiro atoms. The van der Waals surface area contributed by atoms with Crippen LogP contribution in [0.1, 0.15) is 22.5 Å². The van der Waals surface area contributed by atoms with Crippen LogP contribution in [-0.4, -0.2) is 97.5 Å². The third kappa shape index (κ3) is 10.9. The van der Waals surface area contributed by atoms with Crippen LogP contribution in [0.5, 0.6) is 11.5 Å². The van der Waals surface area contributed by atoms with E-state index in [-0.39, 0.29) is 24.7 Å². The highest BCUT2D eigenvalue weighted by Gasteiger charge is 2.34. The lowest BCUT2D eigenvalue weighted by atomic mass is 9.83. The van der Waals surface area contributed by atoms with Crippen molar-refractivity contribution in [2.75, 3.05) is 34.4 Å². The van der Waals surface area contributed by atoms with Crippen LogP contribution >= 0.6 is 15.9 Å². The van der Waals surface area contributed by atoms with Gasteiger partial charge in [0.2, 0.25) is 0 Å². The summed E-state index contributed by atoms with van der Waals surface area (Å²) in [6.45, 7) is 0.108. The SMILES string of the molecule is CN1CC(=O)OB(c2ccccn2)OC(=O)C1.COc1cccc(F)c1CCc1ccc(-c2ccccn2)c2nncn12.COc1cccc(F)c1CCc1ccc(Br)c2nncn12. The highest BCUT2D eigenvalue weighted by molar-refractivity contribution is 9.10. The molecule has 8 aromatic rings. The highest BCUT2D eigenvalue weighted by Crippen LogP contribution is 2.27. The van der Waals surface area contributed by atoms with Gasteiger partial charge in [-0.2, -0.15) is 0 Å². The largest absolute Gasteiger partial charge is 0.656 e. The predicted octanol–water partition coefficient (Wildman–Crippen LogP) is 5.96. The van der Waals surface area contributed by atoms with Crippen molar-refractivity contribution in [2.45, 2.75) is 25.7 Å². The van der Waals surface area contributed by atoms with E-state index in [4.69, 9.17) is 18.8 Å². The van der Waals surface area contributed by atoms with Gasteiger partial charge < -0.3 is 18.8 Å². The Bertz CT molecular complexity index is 2840. The second-order valence-corrected chi connectivity index (χ2v) is 15.1. The van der Waals surface area contributed by atoms with Crippen molar-refractivity contribution in [1.82, 2.24) is 44.1 Å². The molecule has 0 radical (unpaired) electrons. The molecule has 9 rings (SSSR count). The first-order valence-corrected chi connectivity index (χ1v) is 20.7. The van der Waals surface area contributed by atoms with Crippen molar-refractivity contribution in [1.29, 1.82) is 0 Å². The van der Waals surface area contributed by atoms with Gasteiger partial charge in [-0.15, -0.1) is 20.4 Å². The zero-order valence-electron chi connectivity index (χ0n) is 35.0. The number of rotatable bonds is 10. The Labute approximate surface area is 375 Å². The summed E-state index contributed by atoms with van der Waals surface area (Å²) < 4.78 is 53.4. The van der Waals surface area contributed by atoms with Gasteiger partial charge in [0, 0.05) is 40.5 Å². The average Bonchev–Trinajstić information content (AvgIpc) is 4.01. The van der Waals surface area contributed by atoms with Crippen LogP contribution in [0.2, 0.25) is 0 Å². The fraction of sp³-hybridized carbons (Fsp3) is 0.200. The van der Waals surface area contributed by atoms with Gasteiger partial charge in [0.1, 0.15) is 41.4 Å². The quantitative estimate of drug-likeness (QED) is 0.148. The number of hydrogen-bond donors (Lipinski definition) is 0. The fourth-order valence-corrected chi connectivity index (χ4v) is 7.35.